The third-order valence-electron chi connectivity index (χ3n) is 3.01. The number of nitrogens with zero attached hydrogens (tertiary/aromatic N) is 1. The third kappa shape index (κ3) is 4.59. The lowest BCUT2D eigenvalue weighted by Gasteiger charge is -2.35. The van der Waals surface area contributed by atoms with Gasteiger partial charge < -0.3 is 15.4 Å². The smallest absolute Gasteiger partial charge is 0.441 e. The summed E-state index contributed by atoms with van der Waals surface area (Å²) < 4.78 is 45.7. The van der Waals surface area contributed by atoms with Crippen molar-refractivity contribution in [3.8, 4) is 0 Å². The number of amides is 1. The molecule has 0 aliphatic rings. The number of halogens is 3. The van der Waals surface area contributed by atoms with Crippen LogP contribution in [-0.2, 0) is 14.3 Å². The van der Waals surface area contributed by atoms with Crippen LogP contribution in [0.2, 0.25) is 0 Å². The number of aryl methyl sites for hydroxylation is 1. The van der Waals surface area contributed by atoms with Crippen LogP contribution >= 0.6 is 0 Å². The van der Waals surface area contributed by atoms with Gasteiger partial charge in [-0.1, -0.05) is 13.0 Å². The molecule has 0 radical (unpaired) electrons. The highest BCUT2D eigenvalue weighted by Gasteiger charge is 2.63. The number of anilines is 1. The van der Waals surface area contributed by atoms with Gasteiger partial charge in [0.25, 0.3) is 0 Å². The number of ether oxygens (including phenoxy) is 1. The molecule has 0 spiro atoms. The van der Waals surface area contributed by atoms with Crippen molar-refractivity contribution < 1.29 is 27.5 Å². The van der Waals surface area contributed by atoms with E-state index in [-0.39, 0.29) is 18.8 Å². The van der Waals surface area contributed by atoms with Crippen LogP contribution in [0.5, 0.6) is 0 Å². The minimum atomic E-state index is -5.14. The molecule has 0 bridgehead atoms. The second-order valence-electron chi connectivity index (χ2n) is 5.06. The molecule has 2 N–H and O–H groups in total. The van der Waals surface area contributed by atoms with Gasteiger partial charge in [-0.25, -0.2) is 9.78 Å². The van der Waals surface area contributed by atoms with Crippen LogP contribution in [0.4, 0.5) is 19.0 Å². The molecule has 134 valence electrons. The standard InChI is InChI=1S/C15H20F3N3O3/c1-4-7-12(22)21-14(15(16,17)18,13(23)24-5-2)20-11-9-6-8-10(3)19-11/h6,8-9H,4-5,7H2,1-3H3,(H,19,20)(H,21,22). The summed E-state index contributed by atoms with van der Waals surface area (Å²) >= 11 is 0. The Labute approximate surface area is 137 Å². The number of hydrogen-bond acceptors (Lipinski definition) is 5. The normalized spacial score (nSPS) is 13.8. The first-order valence-electron chi connectivity index (χ1n) is 7.43. The van der Waals surface area contributed by atoms with Crippen LogP contribution in [0.15, 0.2) is 18.2 Å². The van der Waals surface area contributed by atoms with E-state index >= 15 is 0 Å². The van der Waals surface area contributed by atoms with E-state index in [1.54, 1.807) is 25.2 Å². The van der Waals surface area contributed by atoms with E-state index in [1.807, 2.05) is 5.32 Å². The topological polar surface area (TPSA) is 80.3 Å². The Kier molecular flexibility index (Phi) is 6.56. The highest BCUT2D eigenvalue weighted by Crippen LogP contribution is 2.33. The summed E-state index contributed by atoms with van der Waals surface area (Å²) in [5, 5.41) is 3.74. The fourth-order valence-electron chi connectivity index (χ4n) is 1.93. The number of pyridine rings is 1. The second kappa shape index (κ2) is 7.98. The summed E-state index contributed by atoms with van der Waals surface area (Å²) in [6, 6.07) is 4.32. The molecule has 0 aromatic carbocycles. The van der Waals surface area contributed by atoms with Gasteiger partial charge in [-0.3, -0.25) is 4.79 Å². The Bertz CT molecular complexity index is 593. The molecule has 1 amide bonds. The van der Waals surface area contributed by atoms with E-state index in [4.69, 9.17) is 0 Å². The monoisotopic (exact) mass is 347 g/mol. The molecule has 0 saturated heterocycles. The third-order valence-corrected chi connectivity index (χ3v) is 3.01. The molecule has 1 rings (SSSR count). The van der Waals surface area contributed by atoms with Crippen molar-refractivity contribution in [3.05, 3.63) is 23.9 Å². The summed E-state index contributed by atoms with van der Waals surface area (Å²) in [7, 11) is 0. The molecule has 1 atom stereocenters. The summed E-state index contributed by atoms with van der Waals surface area (Å²) in [6.07, 6.45) is -4.99. The van der Waals surface area contributed by atoms with Crippen molar-refractivity contribution in [2.24, 2.45) is 0 Å². The maximum absolute atomic E-state index is 13.7. The van der Waals surface area contributed by atoms with Gasteiger partial charge in [-0.15, -0.1) is 0 Å². The van der Waals surface area contributed by atoms with Crippen LogP contribution in [0.25, 0.3) is 0 Å². The van der Waals surface area contributed by atoms with Gasteiger partial charge in [-0.05, 0) is 32.4 Å². The minimum Gasteiger partial charge on any atom is -0.463 e. The Morgan fingerprint density at radius 3 is 2.42 bits per heavy atom. The molecule has 1 aromatic rings. The predicted molar refractivity (Wildman–Crippen MR) is 81.1 cm³/mol. The van der Waals surface area contributed by atoms with Crippen molar-refractivity contribution in [2.75, 3.05) is 11.9 Å². The maximum Gasteiger partial charge on any atom is 0.441 e. The van der Waals surface area contributed by atoms with Crippen LogP contribution < -0.4 is 10.6 Å². The summed E-state index contributed by atoms with van der Waals surface area (Å²) in [5.41, 5.74) is -2.96. The zero-order valence-electron chi connectivity index (χ0n) is 13.7. The minimum absolute atomic E-state index is 0.167. The average Bonchev–Trinajstić information content (AvgIpc) is 2.45. The Hall–Kier alpha value is -2.32. The molecule has 0 fully saturated rings. The summed E-state index contributed by atoms with van der Waals surface area (Å²) in [5.74, 6) is -2.79. The molecule has 1 aromatic heterocycles. The number of aromatic nitrogens is 1. The Morgan fingerprint density at radius 1 is 1.25 bits per heavy atom. The fraction of sp³-hybridized carbons (Fsp3) is 0.533. The lowest BCUT2D eigenvalue weighted by Crippen LogP contribution is -2.69. The van der Waals surface area contributed by atoms with E-state index in [0.717, 1.165) is 0 Å². The number of esters is 1. The van der Waals surface area contributed by atoms with Crippen LogP contribution in [0.1, 0.15) is 32.4 Å². The van der Waals surface area contributed by atoms with Crippen molar-refractivity contribution >= 4 is 17.7 Å². The predicted octanol–water partition coefficient (Wildman–Crippen LogP) is 2.54. The first-order chi connectivity index (χ1) is 11.2. The van der Waals surface area contributed by atoms with Gasteiger partial charge in [0, 0.05) is 12.1 Å². The number of rotatable bonds is 7. The number of carbonyl (C=O) groups excluding carboxylic acids is 2. The number of alkyl halides is 3. The van der Waals surface area contributed by atoms with E-state index < -0.39 is 23.7 Å². The highest BCUT2D eigenvalue weighted by molar-refractivity contribution is 5.91. The average molecular weight is 347 g/mol. The maximum atomic E-state index is 13.7. The molecule has 24 heavy (non-hydrogen) atoms. The number of carbonyl (C=O) groups is 2. The molecule has 1 heterocycles. The van der Waals surface area contributed by atoms with E-state index in [9.17, 15) is 22.8 Å². The summed E-state index contributed by atoms with van der Waals surface area (Å²) in [6.45, 7) is 4.32. The van der Waals surface area contributed by atoms with Crippen LogP contribution in [-0.4, -0.2) is 35.3 Å². The van der Waals surface area contributed by atoms with Gasteiger partial charge in [0.2, 0.25) is 5.91 Å². The largest absolute Gasteiger partial charge is 0.463 e. The van der Waals surface area contributed by atoms with Crippen molar-refractivity contribution in [3.63, 3.8) is 0 Å². The molecule has 1 unspecified atom stereocenters. The van der Waals surface area contributed by atoms with Crippen LogP contribution in [0, 0.1) is 6.92 Å². The molecular formula is C15H20F3N3O3. The SMILES string of the molecule is CCCC(=O)NC(Nc1cccc(C)n1)(C(=O)OCC)C(F)(F)F. The highest BCUT2D eigenvalue weighted by atomic mass is 19.4. The van der Waals surface area contributed by atoms with Gasteiger partial charge in [0.15, 0.2) is 0 Å². The van der Waals surface area contributed by atoms with Crippen LogP contribution in [0.3, 0.4) is 0 Å². The molecule has 6 nitrogen and oxygen atoms in total. The first kappa shape index (κ1) is 19.7. The fourth-order valence-corrected chi connectivity index (χ4v) is 1.93. The van der Waals surface area contributed by atoms with Crippen molar-refractivity contribution in [1.82, 2.24) is 10.3 Å². The quantitative estimate of drug-likeness (QED) is 0.585. The lowest BCUT2D eigenvalue weighted by atomic mass is 10.1. The Balaban J connectivity index is 3.33. The van der Waals surface area contributed by atoms with Gasteiger partial charge >= 0.3 is 17.8 Å². The van der Waals surface area contributed by atoms with Crippen molar-refractivity contribution in [1.29, 1.82) is 0 Å². The number of nitrogens with one attached hydrogen (secondary N) is 2. The molecule has 9 heteroatoms. The molecule has 0 aliphatic carbocycles. The summed E-state index contributed by atoms with van der Waals surface area (Å²) in [4.78, 5) is 27.8. The van der Waals surface area contributed by atoms with E-state index in [1.165, 1.54) is 19.1 Å². The Morgan fingerprint density at radius 2 is 1.92 bits per heavy atom. The van der Waals surface area contributed by atoms with Crippen molar-refractivity contribution in [2.45, 2.75) is 45.5 Å². The van der Waals surface area contributed by atoms with Gasteiger partial charge in [0.1, 0.15) is 5.82 Å². The molecule has 0 saturated carbocycles. The molecule has 0 aliphatic heterocycles. The van der Waals surface area contributed by atoms with Gasteiger partial charge in [0.05, 0.1) is 6.61 Å². The number of hydrogen-bond donors (Lipinski definition) is 2. The zero-order valence-corrected chi connectivity index (χ0v) is 13.7. The molecular weight excluding hydrogens is 327 g/mol. The van der Waals surface area contributed by atoms with E-state index in [0.29, 0.717) is 12.1 Å². The van der Waals surface area contributed by atoms with Gasteiger partial charge in [-0.2, -0.15) is 13.2 Å². The lowest BCUT2D eigenvalue weighted by molar-refractivity contribution is -0.208. The zero-order chi connectivity index (χ0) is 18.4. The second-order valence-corrected chi connectivity index (χ2v) is 5.06. The first-order valence-corrected chi connectivity index (χ1v) is 7.43. The van der Waals surface area contributed by atoms with E-state index in [2.05, 4.69) is 9.72 Å².